The Hall–Kier alpha value is -2.79. The molecular weight excluding hydrogens is 552 g/mol. The molecule has 2 aliphatic carbocycles. The topological polar surface area (TPSA) is 129 Å². The molecule has 4 rings (SSSR count). The molecule has 3 aliphatic rings. The van der Waals surface area contributed by atoms with E-state index in [1.54, 1.807) is 12.4 Å². The van der Waals surface area contributed by atoms with Gasteiger partial charge in [0.05, 0.1) is 25.2 Å². The molecule has 43 heavy (non-hydrogen) atoms. The minimum absolute atomic E-state index is 0.102. The van der Waals surface area contributed by atoms with Crippen molar-refractivity contribution in [3.8, 4) is 0 Å². The molecule has 9 unspecified atom stereocenters. The first kappa shape index (κ1) is 33.1. The van der Waals surface area contributed by atoms with Gasteiger partial charge in [0.15, 0.2) is 12.4 Å². The zero-order valence-corrected chi connectivity index (χ0v) is 26.0. The highest BCUT2D eigenvalue weighted by Gasteiger charge is 2.43. The van der Waals surface area contributed by atoms with Crippen LogP contribution in [-0.4, -0.2) is 75.6 Å². The molecule has 1 saturated heterocycles. The maximum Gasteiger partial charge on any atom is 0.331 e. The van der Waals surface area contributed by atoms with Gasteiger partial charge in [-0.3, -0.25) is 4.79 Å². The van der Waals surface area contributed by atoms with Crippen LogP contribution < -0.4 is 0 Å². The van der Waals surface area contributed by atoms with Gasteiger partial charge in [0.1, 0.15) is 18.3 Å². The summed E-state index contributed by atoms with van der Waals surface area (Å²) in [5.74, 6) is 0.767. The summed E-state index contributed by atoms with van der Waals surface area (Å²) in [6.45, 7) is 8.23. The molecule has 0 spiro atoms. The van der Waals surface area contributed by atoms with Gasteiger partial charge in [-0.05, 0) is 68.3 Å². The number of imidazole rings is 1. The summed E-state index contributed by atoms with van der Waals surface area (Å²) in [6.07, 6.45) is 12.5. The van der Waals surface area contributed by atoms with Crippen LogP contribution in [0, 0.1) is 29.6 Å². The Bertz CT molecular complexity index is 1170. The van der Waals surface area contributed by atoms with Gasteiger partial charge in [0.2, 0.25) is 0 Å². The molecule has 2 N–H and O–H groups in total. The predicted octanol–water partition coefficient (Wildman–Crippen LogP) is 3.97. The van der Waals surface area contributed by atoms with E-state index in [4.69, 9.17) is 18.9 Å². The van der Waals surface area contributed by atoms with E-state index in [9.17, 15) is 19.8 Å². The SMILES string of the molecule is CC(=O)OC1C(OCC2C/C=C\CC(OC(=O)C=Cc3cn(C)cn3)CC3C(C)=CCC(C(C)C)C3C2)OCC(O)C1O. The number of carbonyl (C=O) groups excluding carboxylic acids is 2. The molecule has 0 amide bonds. The molecule has 0 radical (unpaired) electrons. The number of aryl methyl sites for hydroxylation is 1. The van der Waals surface area contributed by atoms with E-state index >= 15 is 0 Å². The van der Waals surface area contributed by atoms with Crippen LogP contribution in [0.5, 0.6) is 0 Å². The van der Waals surface area contributed by atoms with Gasteiger partial charge < -0.3 is 33.7 Å². The average molecular weight is 601 g/mol. The van der Waals surface area contributed by atoms with Crippen LogP contribution in [0.25, 0.3) is 6.08 Å². The quantitative estimate of drug-likeness (QED) is 0.259. The molecule has 1 fully saturated rings. The molecule has 238 valence electrons. The fourth-order valence-electron chi connectivity index (χ4n) is 6.71. The third-order valence-electron chi connectivity index (χ3n) is 9.00. The van der Waals surface area contributed by atoms with E-state index < -0.39 is 30.6 Å². The summed E-state index contributed by atoms with van der Waals surface area (Å²) >= 11 is 0. The van der Waals surface area contributed by atoms with E-state index in [1.807, 2.05) is 17.8 Å². The maximum absolute atomic E-state index is 12.8. The highest BCUT2D eigenvalue weighted by Crippen LogP contribution is 2.45. The number of aliphatic hydroxyl groups excluding tert-OH is 2. The fourth-order valence-corrected chi connectivity index (χ4v) is 6.71. The number of fused-ring (bicyclic) bond motifs is 1. The summed E-state index contributed by atoms with van der Waals surface area (Å²) in [5.41, 5.74) is 2.03. The van der Waals surface area contributed by atoms with Crippen LogP contribution in [0.1, 0.15) is 65.5 Å². The zero-order chi connectivity index (χ0) is 31.1. The number of aromatic nitrogens is 2. The Morgan fingerprint density at radius 3 is 2.63 bits per heavy atom. The molecule has 9 atom stereocenters. The second-order valence-electron chi connectivity index (χ2n) is 12.7. The molecule has 2 heterocycles. The van der Waals surface area contributed by atoms with Gasteiger partial charge in [-0.25, -0.2) is 9.78 Å². The van der Waals surface area contributed by atoms with Crippen molar-refractivity contribution in [2.24, 2.45) is 36.6 Å². The number of aliphatic hydroxyl groups is 2. The van der Waals surface area contributed by atoms with Crippen LogP contribution in [0.4, 0.5) is 0 Å². The summed E-state index contributed by atoms with van der Waals surface area (Å²) in [5, 5.41) is 20.5. The lowest BCUT2D eigenvalue weighted by atomic mass is 9.63. The zero-order valence-electron chi connectivity index (χ0n) is 26.0. The van der Waals surface area contributed by atoms with Crippen LogP contribution in [0.3, 0.4) is 0 Å². The van der Waals surface area contributed by atoms with Gasteiger partial charge in [-0.1, -0.05) is 37.6 Å². The molecule has 10 nitrogen and oxygen atoms in total. The minimum atomic E-state index is -1.29. The number of carbonyl (C=O) groups is 2. The van der Waals surface area contributed by atoms with Crippen LogP contribution in [0.15, 0.2) is 42.4 Å². The normalized spacial score (nSPS) is 34.3. The van der Waals surface area contributed by atoms with Crippen molar-refractivity contribution >= 4 is 18.0 Å². The Morgan fingerprint density at radius 2 is 1.93 bits per heavy atom. The molecule has 0 bridgehead atoms. The average Bonchev–Trinajstić information content (AvgIpc) is 3.37. The van der Waals surface area contributed by atoms with Crippen LogP contribution in [0.2, 0.25) is 0 Å². The lowest BCUT2D eigenvalue weighted by molar-refractivity contribution is -0.277. The third-order valence-corrected chi connectivity index (χ3v) is 9.00. The van der Waals surface area contributed by atoms with Crippen molar-refractivity contribution in [2.45, 2.75) is 90.5 Å². The van der Waals surface area contributed by atoms with E-state index in [2.05, 4.69) is 44.0 Å². The summed E-state index contributed by atoms with van der Waals surface area (Å²) in [6, 6.07) is 0. The predicted molar refractivity (Wildman–Crippen MR) is 160 cm³/mol. The molecule has 1 aliphatic heterocycles. The minimum Gasteiger partial charge on any atom is -0.459 e. The second-order valence-corrected chi connectivity index (χ2v) is 12.7. The fraction of sp³-hybridized carbons (Fsp3) is 0.667. The van der Waals surface area contributed by atoms with Gasteiger partial charge >= 0.3 is 11.9 Å². The molecule has 10 heteroatoms. The van der Waals surface area contributed by atoms with E-state index in [1.165, 1.54) is 18.6 Å². The number of allylic oxidation sites excluding steroid dienone is 3. The first-order chi connectivity index (χ1) is 20.5. The smallest absolute Gasteiger partial charge is 0.331 e. The van der Waals surface area contributed by atoms with E-state index in [0.717, 1.165) is 25.7 Å². The van der Waals surface area contributed by atoms with Crippen molar-refractivity contribution in [1.82, 2.24) is 9.55 Å². The highest BCUT2D eigenvalue weighted by molar-refractivity contribution is 5.86. The number of hydrogen-bond acceptors (Lipinski definition) is 9. The number of esters is 2. The molecule has 1 aromatic heterocycles. The molecular formula is C33H48N2O8. The number of hydrogen-bond donors (Lipinski definition) is 2. The van der Waals surface area contributed by atoms with E-state index in [0.29, 0.717) is 36.5 Å². The Labute approximate surface area is 254 Å². The molecule has 1 aromatic rings. The number of rotatable bonds is 8. The third kappa shape index (κ3) is 9.11. The Morgan fingerprint density at radius 1 is 1.16 bits per heavy atom. The summed E-state index contributed by atoms with van der Waals surface area (Å²) in [4.78, 5) is 28.7. The standard InChI is InChI=1S/C33H48N2O8/c1-20(2)26-12-10-21(3)27-15-25(43-30(38)13-11-24-16-35(5)19-34-24)9-7-6-8-23(14-28(26)27)17-40-33-32(42-22(4)36)31(39)29(37)18-41-33/h6-7,10-11,13,16,19-20,23,25-29,31-33,37,39H,8-9,12,14-15,17-18H2,1-5H3/b7-6-,13-11?. The van der Waals surface area contributed by atoms with Crippen molar-refractivity contribution in [2.75, 3.05) is 13.2 Å². The lowest BCUT2D eigenvalue weighted by Crippen LogP contribution is -2.55. The number of nitrogens with zero attached hydrogens (tertiary/aromatic N) is 2. The van der Waals surface area contributed by atoms with Crippen molar-refractivity contribution < 1.29 is 38.7 Å². The Kier molecular flexibility index (Phi) is 11.8. The largest absolute Gasteiger partial charge is 0.459 e. The van der Waals surface area contributed by atoms with E-state index in [-0.39, 0.29) is 30.5 Å². The van der Waals surface area contributed by atoms with Gasteiger partial charge in [0.25, 0.3) is 0 Å². The lowest BCUT2D eigenvalue weighted by Gasteiger charge is -2.43. The monoisotopic (exact) mass is 600 g/mol. The molecule has 0 aromatic carbocycles. The Balaban J connectivity index is 1.49. The first-order valence-corrected chi connectivity index (χ1v) is 15.5. The summed E-state index contributed by atoms with van der Waals surface area (Å²) in [7, 11) is 1.88. The van der Waals surface area contributed by atoms with Crippen LogP contribution >= 0.6 is 0 Å². The van der Waals surface area contributed by atoms with Gasteiger partial charge in [-0.15, -0.1) is 0 Å². The van der Waals surface area contributed by atoms with Gasteiger partial charge in [-0.2, -0.15) is 0 Å². The molecule has 0 saturated carbocycles. The van der Waals surface area contributed by atoms with Crippen molar-refractivity contribution in [3.63, 3.8) is 0 Å². The van der Waals surface area contributed by atoms with Crippen LogP contribution in [-0.2, 0) is 35.6 Å². The highest BCUT2D eigenvalue weighted by atomic mass is 16.7. The van der Waals surface area contributed by atoms with Gasteiger partial charge in [0, 0.05) is 32.7 Å². The maximum atomic E-state index is 12.8. The van der Waals surface area contributed by atoms with Crippen molar-refractivity contribution in [1.29, 1.82) is 0 Å². The first-order valence-electron chi connectivity index (χ1n) is 15.5. The van der Waals surface area contributed by atoms with Crippen molar-refractivity contribution in [3.05, 3.63) is 48.1 Å². The summed E-state index contributed by atoms with van der Waals surface area (Å²) < 4.78 is 24.9. The second kappa shape index (κ2) is 15.3. The number of ether oxygens (including phenoxy) is 4.